The molecule has 1 aliphatic heterocycles. The van der Waals surface area contributed by atoms with Crippen molar-refractivity contribution in [1.82, 2.24) is 0 Å². The average Bonchev–Trinajstić information content (AvgIpc) is 3.30. The third-order valence-corrected chi connectivity index (χ3v) is 4.75. The van der Waals surface area contributed by atoms with E-state index in [4.69, 9.17) is 4.74 Å². The molecule has 0 unspecified atom stereocenters. The molecular formula is C18H14O3. The minimum Gasteiger partial charge on any atom is -0.387 e. The first-order valence-corrected chi connectivity index (χ1v) is 7.21. The molecule has 21 heavy (non-hydrogen) atoms. The summed E-state index contributed by atoms with van der Waals surface area (Å²) in [6.07, 6.45) is -2.02. The quantitative estimate of drug-likeness (QED) is 0.491. The Bertz CT molecular complexity index is 886. The Morgan fingerprint density at radius 3 is 2.43 bits per heavy atom. The van der Waals surface area contributed by atoms with Gasteiger partial charge in [0, 0.05) is 0 Å². The van der Waals surface area contributed by atoms with Crippen LogP contribution in [0.15, 0.2) is 48.5 Å². The van der Waals surface area contributed by atoms with Gasteiger partial charge in [-0.15, -0.1) is 0 Å². The number of hydrogen-bond donors (Lipinski definition) is 2. The van der Waals surface area contributed by atoms with Crippen molar-refractivity contribution in [3.05, 3.63) is 59.7 Å². The normalized spacial score (nSPS) is 30.2. The first-order valence-electron chi connectivity index (χ1n) is 7.21. The van der Waals surface area contributed by atoms with Gasteiger partial charge in [0.2, 0.25) is 0 Å². The average molecular weight is 278 g/mol. The van der Waals surface area contributed by atoms with Crippen LogP contribution in [0.25, 0.3) is 21.5 Å². The van der Waals surface area contributed by atoms with E-state index in [2.05, 4.69) is 24.3 Å². The molecule has 0 amide bonds. The van der Waals surface area contributed by atoms with Crippen LogP contribution in [0.2, 0.25) is 0 Å². The fourth-order valence-electron chi connectivity index (χ4n) is 3.61. The van der Waals surface area contributed by atoms with E-state index < -0.39 is 12.2 Å². The number of rotatable bonds is 0. The highest BCUT2D eigenvalue weighted by atomic mass is 16.6. The highest BCUT2D eigenvalue weighted by molar-refractivity contribution is 6.00. The molecule has 1 heterocycles. The summed E-state index contributed by atoms with van der Waals surface area (Å²) in [6.45, 7) is 0. The monoisotopic (exact) mass is 278 g/mol. The third-order valence-electron chi connectivity index (χ3n) is 4.75. The second-order valence-corrected chi connectivity index (χ2v) is 5.95. The molecule has 1 saturated heterocycles. The van der Waals surface area contributed by atoms with Crippen LogP contribution in [0.3, 0.4) is 0 Å². The molecule has 0 aromatic heterocycles. The Kier molecular flexibility index (Phi) is 2.13. The summed E-state index contributed by atoms with van der Waals surface area (Å²) in [5.74, 6) is 0. The summed E-state index contributed by atoms with van der Waals surface area (Å²) in [6, 6.07) is 16.5. The van der Waals surface area contributed by atoms with Gasteiger partial charge in [-0.2, -0.15) is 0 Å². The van der Waals surface area contributed by atoms with Crippen molar-refractivity contribution in [2.24, 2.45) is 0 Å². The van der Waals surface area contributed by atoms with Gasteiger partial charge in [-0.25, -0.2) is 0 Å². The van der Waals surface area contributed by atoms with Crippen molar-refractivity contribution in [1.29, 1.82) is 0 Å². The lowest BCUT2D eigenvalue weighted by atomic mass is 9.84. The van der Waals surface area contributed by atoms with Gasteiger partial charge in [-0.3, -0.25) is 0 Å². The van der Waals surface area contributed by atoms with Gasteiger partial charge in [-0.1, -0.05) is 36.4 Å². The van der Waals surface area contributed by atoms with Gasteiger partial charge in [0.25, 0.3) is 0 Å². The molecule has 104 valence electrons. The molecule has 3 aromatic carbocycles. The zero-order valence-corrected chi connectivity index (χ0v) is 11.2. The molecule has 5 rings (SSSR count). The first-order chi connectivity index (χ1) is 10.2. The van der Waals surface area contributed by atoms with E-state index >= 15 is 0 Å². The predicted molar refractivity (Wildman–Crippen MR) is 80.0 cm³/mol. The molecule has 0 radical (unpaired) electrons. The molecule has 4 atom stereocenters. The van der Waals surface area contributed by atoms with Crippen LogP contribution in [0.4, 0.5) is 0 Å². The van der Waals surface area contributed by atoms with Crippen LogP contribution < -0.4 is 0 Å². The standard InChI is InChI=1S/C18H14O3/c19-15-12-6-5-11-7-9-3-1-2-4-10(9)8-13(11)14(12)17-18(21-17)16(15)20/h1-8,15-20H/t15-,16-,17+,18-/m0/s1. The van der Waals surface area contributed by atoms with Crippen molar-refractivity contribution in [2.75, 3.05) is 0 Å². The zero-order chi connectivity index (χ0) is 14.1. The summed E-state index contributed by atoms with van der Waals surface area (Å²) in [7, 11) is 0. The van der Waals surface area contributed by atoms with Crippen LogP contribution in [0.1, 0.15) is 23.3 Å². The predicted octanol–water partition coefficient (Wildman–Crippen LogP) is 2.84. The molecule has 3 heteroatoms. The SMILES string of the molecule is O[C@@H]1[C@@H]2O[C@@H]2c2c(ccc3cc4ccccc4cc23)[C@@H]1O. The van der Waals surface area contributed by atoms with E-state index in [0.29, 0.717) is 0 Å². The highest BCUT2D eigenvalue weighted by Gasteiger charge is 2.54. The minimum atomic E-state index is -0.861. The molecule has 1 fully saturated rings. The Hall–Kier alpha value is -1.94. The smallest absolute Gasteiger partial charge is 0.118 e. The van der Waals surface area contributed by atoms with Gasteiger partial charge in [0.15, 0.2) is 0 Å². The Morgan fingerprint density at radius 2 is 1.62 bits per heavy atom. The van der Waals surface area contributed by atoms with Gasteiger partial charge >= 0.3 is 0 Å². The Balaban J connectivity index is 1.87. The number of aliphatic hydroxyl groups is 2. The van der Waals surface area contributed by atoms with Crippen molar-refractivity contribution >= 4 is 21.5 Å². The maximum absolute atomic E-state index is 10.3. The highest BCUT2D eigenvalue weighted by Crippen LogP contribution is 2.53. The van der Waals surface area contributed by atoms with Crippen molar-refractivity contribution in [2.45, 2.75) is 24.4 Å². The van der Waals surface area contributed by atoms with E-state index in [1.54, 1.807) is 0 Å². The van der Waals surface area contributed by atoms with E-state index in [1.807, 2.05) is 24.3 Å². The molecule has 0 bridgehead atoms. The number of benzene rings is 3. The van der Waals surface area contributed by atoms with Crippen LogP contribution in [-0.2, 0) is 4.74 Å². The topological polar surface area (TPSA) is 53.0 Å². The van der Waals surface area contributed by atoms with Crippen molar-refractivity contribution in [3.63, 3.8) is 0 Å². The van der Waals surface area contributed by atoms with Gasteiger partial charge in [0.1, 0.15) is 24.4 Å². The molecule has 3 aromatic rings. The lowest BCUT2D eigenvalue weighted by molar-refractivity contribution is 0.000106. The van der Waals surface area contributed by atoms with Gasteiger partial charge in [-0.05, 0) is 44.8 Å². The molecular weight excluding hydrogens is 264 g/mol. The summed E-state index contributed by atoms with van der Waals surface area (Å²) in [5.41, 5.74) is 1.84. The summed E-state index contributed by atoms with van der Waals surface area (Å²) in [5, 5.41) is 24.9. The van der Waals surface area contributed by atoms with Crippen molar-refractivity contribution in [3.8, 4) is 0 Å². The maximum atomic E-state index is 10.3. The molecule has 0 spiro atoms. The fraction of sp³-hybridized carbons (Fsp3) is 0.222. The number of fused-ring (bicyclic) bond motifs is 6. The second kappa shape index (κ2) is 3.83. The Morgan fingerprint density at radius 1 is 0.857 bits per heavy atom. The summed E-state index contributed by atoms with van der Waals surface area (Å²) in [4.78, 5) is 0. The van der Waals surface area contributed by atoms with Gasteiger partial charge in [0.05, 0.1) is 0 Å². The van der Waals surface area contributed by atoms with Gasteiger partial charge < -0.3 is 14.9 Å². The van der Waals surface area contributed by atoms with Crippen LogP contribution >= 0.6 is 0 Å². The number of aliphatic hydroxyl groups excluding tert-OH is 2. The largest absolute Gasteiger partial charge is 0.387 e. The summed E-state index contributed by atoms with van der Waals surface area (Å²) >= 11 is 0. The summed E-state index contributed by atoms with van der Waals surface area (Å²) < 4.78 is 5.60. The number of epoxide rings is 1. The second-order valence-electron chi connectivity index (χ2n) is 5.95. The number of hydrogen-bond acceptors (Lipinski definition) is 3. The van der Waals surface area contributed by atoms with E-state index in [-0.39, 0.29) is 12.2 Å². The van der Waals surface area contributed by atoms with E-state index in [1.165, 1.54) is 10.8 Å². The fourth-order valence-corrected chi connectivity index (χ4v) is 3.61. The minimum absolute atomic E-state index is 0.0803. The molecule has 3 nitrogen and oxygen atoms in total. The molecule has 1 aliphatic carbocycles. The molecule has 0 saturated carbocycles. The van der Waals surface area contributed by atoms with E-state index in [0.717, 1.165) is 21.9 Å². The third kappa shape index (κ3) is 1.48. The number of ether oxygens (including phenoxy) is 1. The lowest BCUT2D eigenvalue weighted by Crippen LogP contribution is -2.29. The lowest BCUT2D eigenvalue weighted by Gasteiger charge is -2.24. The zero-order valence-electron chi connectivity index (χ0n) is 11.2. The molecule has 2 N–H and O–H groups in total. The van der Waals surface area contributed by atoms with Crippen molar-refractivity contribution < 1.29 is 14.9 Å². The maximum Gasteiger partial charge on any atom is 0.118 e. The van der Waals surface area contributed by atoms with Crippen LogP contribution in [0.5, 0.6) is 0 Å². The first kappa shape index (κ1) is 11.7. The van der Waals surface area contributed by atoms with Crippen LogP contribution in [0, 0.1) is 0 Å². The Labute approximate surface area is 121 Å². The van der Waals surface area contributed by atoms with Crippen LogP contribution in [-0.4, -0.2) is 22.4 Å². The molecule has 2 aliphatic rings. The van der Waals surface area contributed by atoms with E-state index in [9.17, 15) is 10.2 Å².